The van der Waals surface area contributed by atoms with Crippen molar-refractivity contribution in [3.63, 3.8) is 0 Å². The first kappa shape index (κ1) is 17.0. The molecule has 2 heterocycles. The largest absolute Gasteiger partial charge is 0.351 e. The Morgan fingerprint density at radius 1 is 1.20 bits per heavy atom. The Kier molecular flexibility index (Phi) is 4.56. The smallest absolute Gasteiger partial charge is 0.223 e. The maximum Gasteiger partial charge on any atom is 0.223 e. The molecular formula is C19H21Cl2N3O. The SMILES string of the molecule is N#CN1[C@H]2CC[C@@H]1[C@H](NC(=O)[C@H]1CC[C@@H](c3cc(Cl)ccc3Cl)C1)C2. The van der Waals surface area contributed by atoms with Gasteiger partial charge in [0.15, 0.2) is 6.19 Å². The Hall–Kier alpha value is -1.44. The highest BCUT2D eigenvalue weighted by atomic mass is 35.5. The number of hydrogen-bond donors (Lipinski definition) is 1. The highest BCUT2D eigenvalue weighted by molar-refractivity contribution is 6.33. The van der Waals surface area contributed by atoms with Gasteiger partial charge in [0.25, 0.3) is 0 Å². The van der Waals surface area contributed by atoms with Crippen molar-refractivity contribution in [2.24, 2.45) is 5.92 Å². The molecule has 0 unspecified atom stereocenters. The molecule has 6 heteroatoms. The summed E-state index contributed by atoms with van der Waals surface area (Å²) in [5, 5.41) is 13.9. The Morgan fingerprint density at radius 2 is 2.04 bits per heavy atom. The molecule has 0 radical (unpaired) electrons. The Bertz CT molecular complexity index is 732. The number of amides is 1. The van der Waals surface area contributed by atoms with Crippen LogP contribution in [0.2, 0.25) is 10.0 Å². The standard InChI is InChI=1S/C19H21Cl2N3O/c20-13-3-5-16(21)15(8-13)11-1-2-12(7-11)19(25)23-17-9-14-4-6-18(17)24(14)10-22/h3,5,8,11-12,14,17-18H,1-2,4,6-7,9H2,(H,23,25)/t11-,12+,14+,17-,18-/m1/s1. The number of halogens is 2. The fourth-order valence-electron chi connectivity index (χ4n) is 4.93. The zero-order chi connectivity index (χ0) is 17.6. The molecule has 2 bridgehead atoms. The summed E-state index contributed by atoms with van der Waals surface area (Å²) in [5.74, 6) is 0.448. The predicted molar refractivity (Wildman–Crippen MR) is 97.4 cm³/mol. The zero-order valence-electron chi connectivity index (χ0n) is 13.9. The van der Waals surface area contributed by atoms with Crippen LogP contribution in [0.15, 0.2) is 18.2 Å². The summed E-state index contributed by atoms with van der Waals surface area (Å²) < 4.78 is 0. The molecule has 4 rings (SSSR count). The first-order chi connectivity index (χ1) is 12.1. The molecule has 1 aromatic rings. The average molecular weight is 378 g/mol. The fourth-order valence-corrected chi connectivity index (χ4v) is 5.38. The topological polar surface area (TPSA) is 56.1 Å². The molecule has 1 saturated carbocycles. The third kappa shape index (κ3) is 3.09. The minimum absolute atomic E-state index is 0.0229. The van der Waals surface area contributed by atoms with E-state index in [1.165, 1.54) is 0 Å². The maximum atomic E-state index is 12.7. The van der Waals surface area contributed by atoms with E-state index in [9.17, 15) is 10.1 Å². The summed E-state index contributed by atoms with van der Waals surface area (Å²) in [6, 6.07) is 6.19. The third-order valence-electron chi connectivity index (χ3n) is 6.18. The summed E-state index contributed by atoms with van der Waals surface area (Å²) in [4.78, 5) is 14.6. The number of hydrogen-bond acceptors (Lipinski definition) is 3. The molecule has 5 atom stereocenters. The van der Waals surface area contributed by atoms with Crippen molar-refractivity contribution in [2.75, 3.05) is 0 Å². The second kappa shape index (κ2) is 6.70. The molecular weight excluding hydrogens is 357 g/mol. The first-order valence-corrected chi connectivity index (χ1v) is 9.76. The Labute approximate surface area is 158 Å². The molecule has 3 fully saturated rings. The van der Waals surface area contributed by atoms with Crippen LogP contribution in [0.4, 0.5) is 0 Å². The number of carbonyl (C=O) groups is 1. The second-order valence-electron chi connectivity index (χ2n) is 7.53. The van der Waals surface area contributed by atoms with Gasteiger partial charge in [-0.05, 0) is 68.2 Å². The second-order valence-corrected chi connectivity index (χ2v) is 8.37. The van der Waals surface area contributed by atoms with E-state index in [1.807, 2.05) is 17.0 Å². The minimum Gasteiger partial charge on any atom is -0.351 e. The van der Waals surface area contributed by atoms with Gasteiger partial charge in [-0.2, -0.15) is 5.26 Å². The number of nitrogens with one attached hydrogen (secondary N) is 1. The van der Waals surface area contributed by atoms with Gasteiger partial charge in [0, 0.05) is 22.0 Å². The Balaban J connectivity index is 1.38. The number of carbonyl (C=O) groups excluding carboxylic acids is 1. The van der Waals surface area contributed by atoms with Crippen LogP contribution in [0, 0.1) is 17.4 Å². The van der Waals surface area contributed by atoms with Crippen LogP contribution in [-0.2, 0) is 4.79 Å². The predicted octanol–water partition coefficient (Wildman–Crippen LogP) is 4.08. The molecule has 4 nitrogen and oxygen atoms in total. The van der Waals surface area contributed by atoms with E-state index in [4.69, 9.17) is 23.2 Å². The highest BCUT2D eigenvalue weighted by Gasteiger charge is 2.47. The number of nitrogens with zero attached hydrogens (tertiary/aromatic N) is 2. The van der Waals surface area contributed by atoms with Crippen LogP contribution in [0.3, 0.4) is 0 Å². The van der Waals surface area contributed by atoms with Crippen molar-refractivity contribution in [2.45, 2.75) is 62.6 Å². The lowest BCUT2D eigenvalue weighted by atomic mass is 9.93. The number of rotatable bonds is 3. The van der Waals surface area contributed by atoms with E-state index in [1.54, 1.807) is 6.07 Å². The van der Waals surface area contributed by atoms with Gasteiger partial charge >= 0.3 is 0 Å². The molecule has 1 N–H and O–H groups in total. The van der Waals surface area contributed by atoms with Crippen molar-refractivity contribution >= 4 is 29.1 Å². The van der Waals surface area contributed by atoms with Crippen LogP contribution in [0.1, 0.15) is 50.0 Å². The van der Waals surface area contributed by atoms with Crippen LogP contribution in [0.25, 0.3) is 0 Å². The third-order valence-corrected chi connectivity index (χ3v) is 6.76. The fraction of sp³-hybridized carbons (Fsp3) is 0.579. The van der Waals surface area contributed by atoms with Crippen molar-refractivity contribution in [3.05, 3.63) is 33.8 Å². The Morgan fingerprint density at radius 3 is 2.80 bits per heavy atom. The molecule has 1 amide bonds. The van der Waals surface area contributed by atoms with Crippen molar-refractivity contribution in [1.29, 1.82) is 5.26 Å². The van der Waals surface area contributed by atoms with Gasteiger partial charge < -0.3 is 10.2 Å². The van der Waals surface area contributed by atoms with Gasteiger partial charge in [-0.25, -0.2) is 0 Å². The van der Waals surface area contributed by atoms with E-state index in [-0.39, 0.29) is 29.8 Å². The maximum absolute atomic E-state index is 12.7. The van der Waals surface area contributed by atoms with Gasteiger partial charge in [0.1, 0.15) is 0 Å². The number of nitriles is 1. The lowest BCUT2D eigenvalue weighted by molar-refractivity contribution is -0.125. The molecule has 0 spiro atoms. The molecule has 25 heavy (non-hydrogen) atoms. The van der Waals surface area contributed by atoms with Gasteiger partial charge in [-0.15, -0.1) is 0 Å². The van der Waals surface area contributed by atoms with Gasteiger partial charge in [-0.1, -0.05) is 23.2 Å². The summed E-state index contributed by atoms with van der Waals surface area (Å²) in [5.41, 5.74) is 1.06. The molecule has 132 valence electrons. The van der Waals surface area contributed by atoms with Crippen LogP contribution in [0.5, 0.6) is 0 Å². The van der Waals surface area contributed by atoms with Gasteiger partial charge in [0.05, 0.1) is 12.1 Å². The average Bonchev–Trinajstić information content (AvgIpc) is 3.30. The van der Waals surface area contributed by atoms with E-state index in [0.717, 1.165) is 49.1 Å². The van der Waals surface area contributed by atoms with Gasteiger partial charge in [-0.3, -0.25) is 4.79 Å². The highest BCUT2D eigenvalue weighted by Crippen LogP contribution is 2.42. The lowest BCUT2D eigenvalue weighted by Crippen LogP contribution is -2.45. The molecule has 0 aromatic heterocycles. The molecule has 1 aromatic carbocycles. The molecule has 1 aliphatic carbocycles. The van der Waals surface area contributed by atoms with E-state index < -0.39 is 0 Å². The quantitative estimate of drug-likeness (QED) is 0.807. The van der Waals surface area contributed by atoms with Crippen molar-refractivity contribution < 1.29 is 4.79 Å². The first-order valence-electron chi connectivity index (χ1n) is 9.00. The summed E-state index contributed by atoms with van der Waals surface area (Å²) >= 11 is 12.4. The lowest BCUT2D eigenvalue weighted by Gasteiger charge is -2.23. The van der Waals surface area contributed by atoms with Crippen molar-refractivity contribution in [1.82, 2.24) is 10.2 Å². The van der Waals surface area contributed by atoms with Crippen LogP contribution < -0.4 is 5.32 Å². The molecule has 2 saturated heterocycles. The zero-order valence-corrected chi connectivity index (χ0v) is 15.4. The monoisotopic (exact) mass is 377 g/mol. The summed E-state index contributed by atoms with van der Waals surface area (Å²) in [6.45, 7) is 0. The van der Waals surface area contributed by atoms with Crippen LogP contribution in [-0.4, -0.2) is 28.9 Å². The normalized spacial score (nSPS) is 33.5. The van der Waals surface area contributed by atoms with Crippen LogP contribution >= 0.6 is 23.2 Å². The number of benzene rings is 1. The van der Waals surface area contributed by atoms with Crippen molar-refractivity contribution in [3.8, 4) is 6.19 Å². The van der Waals surface area contributed by atoms with E-state index in [2.05, 4.69) is 11.5 Å². The summed E-state index contributed by atoms with van der Waals surface area (Å²) in [6.07, 6.45) is 7.93. The van der Waals surface area contributed by atoms with E-state index in [0.29, 0.717) is 11.1 Å². The molecule has 3 aliphatic rings. The van der Waals surface area contributed by atoms with Gasteiger partial charge in [0.2, 0.25) is 5.91 Å². The molecule has 2 aliphatic heterocycles. The van der Waals surface area contributed by atoms with E-state index >= 15 is 0 Å². The minimum atomic E-state index is 0.0229. The number of fused-ring (bicyclic) bond motifs is 2. The summed E-state index contributed by atoms with van der Waals surface area (Å²) in [7, 11) is 0.